The van der Waals surface area contributed by atoms with Crippen LogP contribution >= 0.6 is 0 Å². The van der Waals surface area contributed by atoms with Gasteiger partial charge in [-0.3, -0.25) is 9.59 Å². The van der Waals surface area contributed by atoms with Gasteiger partial charge in [0.2, 0.25) is 10.0 Å². The molecule has 3 heterocycles. The number of aryl methyl sites for hydroxylation is 1. The van der Waals surface area contributed by atoms with E-state index in [9.17, 15) is 18.0 Å². The van der Waals surface area contributed by atoms with Gasteiger partial charge in [-0.1, -0.05) is 18.2 Å². The number of carbonyl (C=O) groups excluding carboxylic acids is 1. The number of hydrogen-bond donors (Lipinski definition) is 0. The molecule has 0 radical (unpaired) electrons. The lowest BCUT2D eigenvalue weighted by Crippen LogP contribution is -2.30. The number of aromatic nitrogens is 2. The zero-order valence-electron chi connectivity index (χ0n) is 16.5. The van der Waals surface area contributed by atoms with Crippen molar-refractivity contribution in [3.05, 3.63) is 64.2 Å². The van der Waals surface area contributed by atoms with Gasteiger partial charge in [-0.05, 0) is 31.9 Å². The Bertz CT molecular complexity index is 1260. The monoisotopic (exact) mass is 413 g/mol. The summed E-state index contributed by atoms with van der Waals surface area (Å²) in [5.74, 6) is -0.225. The lowest BCUT2D eigenvalue weighted by molar-refractivity contribution is 0.0971. The number of carbonyl (C=O) groups is 1. The van der Waals surface area contributed by atoms with Gasteiger partial charge in [-0.15, -0.1) is 0 Å². The second-order valence-corrected chi connectivity index (χ2v) is 9.34. The van der Waals surface area contributed by atoms with E-state index >= 15 is 0 Å². The zero-order chi connectivity index (χ0) is 20.8. The fourth-order valence-corrected chi connectivity index (χ4v) is 5.51. The summed E-state index contributed by atoms with van der Waals surface area (Å²) < 4.78 is 30.2. The van der Waals surface area contributed by atoms with Crippen molar-refractivity contribution in [2.45, 2.75) is 31.2 Å². The summed E-state index contributed by atoms with van der Waals surface area (Å²) in [5.41, 5.74) is 1.90. The summed E-state index contributed by atoms with van der Waals surface area (Å²) >= 11 is 0. The smallest absolute Gasteiger partial charge is 0.251 e. The molecule has 1 fully saturated rings. The fourth-order valence-electron chi connectivity index (χ4n) is 3.97. The maximum Gasteiger partial charge on any atom is 0.251 e. The summed E-state index contributed by atoms with van der Waals surface area (Å²) in [5, 5.41) is 0.825. The van der Waals surface area contributed by atoms with Crippen molar-refractivity contribution in [3.8, 4) is 0 Å². The zero-order valence-corrected chi connectivity index (χ0v) is 17.3. The number of benzene rings is 1. The minimum atomic E-state index is -3.66. The molecule has 1 saturated heterocycles. The van der Waals surface area contributed by atoms with Crippen LogP contribution in [0, 0.1) is 6.92 Å². The maximum atomic E-state index is 13.1. The Hall–Kier alpha value is -2.71. The largest absolute Gasteiger partial charge is 0.347 e. The van der Waals surface area contributed by atoms with E-state index in [1.807, 2.05) is 42.8 Å². The van der Waals surface area contributed by atoms with E-state index in [-0.39, 0.29) is 17.2 Å². The number of ketones is 1. The number of Topliss-reactive ketones (excluding diaryl/α,β-unsaturated/α-hetero) is 1. The molecule has 0 spiro atoms. The van der Waals surface area contributed by atoms with E-state index in [4.69, 9.17) is 0 Å². The molecule has 29 heavy (non-hydrogen) atoms. The first-order chi connectivity index (χ1) is 13.8. The molecule has 1 aliphatic heterocycles. The topological polar surface area (TPSA) is 81.4 Å². The van der Waals surface area contributed by atoms with Crippen molar-refractivity contribution in [1.82, 2.24) is 13.4 Å². The molecular formula is C21H23N3O4S. The molecule has 0 N–H and O–H groups in total. The van der Waals surface area contributed by atoms with Gasteiger partial charge in [0.25, 0.3) is 5.56 Å². The second kappa shape index (κ2) is 7.27. The fraction of sp³-hybridized carbons (Fsp3) is 0.333. The molecule has 0 bridgehead atoms. The highest BCUT2D eigenvalue weighted by Crippen LogP contribution is 2.26. The first-order valence-electron chi connectivity index (χ1n) is 9.58. The van der Waals surface area contributed by atoms with Gasteiger partial charge in [0, 0.05) is 54.6 Å². The van der Waals surface area contributed by atoms with Crippen molar-refractivity contribution in [1.29, 1.82) is 0 Å². The van der Waals surface area contributed by atoms with Crippen LogP contribution in [-0.4, -0.2) is 40.7 Å². The molecule has 1 aliphatic rings. The summed E-state index contributed by atoms with van der Waals surface area (Å²) in [7, 11) is -1.77. The van der Waals surface area contributed by atoms with Crippen LogP contribution in [0.5, 0.6) is 0 Å². The molecule has 0 saturated carbocycles. The Morgan fingerprint density at radius 2 is 1.76 bits per heavy atom. The molecule has 7 nitrogen and oxygen atoms in total. The Labute approximate surface area is 169 Å². The van der Waals surface area contributed by atoms with Crippen LogP contribution in [0.15, 0.2) is 52.3 Å². The minimum absolute atomic E-state index is 0.0430. The second-order valence-electron chi connectivity index (χ2n) is 7.40. The van der Waals surface area contributed by atoms with Gasteiger partial charge in [-0.25, -0.2) is 8.42 Å². The molecule has 152 valence electrons. The SMILES string of the molecule is Cc1c(C(=O)Cn2cc(S(=O)(=O)N3CCCC3)ccc2=O)c2ccccc2n1C. The quantitative estimate of drug-likeness (QED) is 0.601. The molecule has 1 aromatic carbocycles. The average Bonchev–Trinajstić information content (AvgIpc) is 3.32. The van der Waals surface area contributed by atoms with Gasteiger partial charge < -0.3 is 9.13 Å². The van der Waals surface area contributed by atoms with Gasteiger partial charge in [-0.2, -0.15) is 4.31 Å². The van der Waals surface area contributed by atoms with Crippen LogP contribution in [0.3, 0.4) is 0 Å². The standard InChI is InChI=1S/C21H23N3O4S/c1-15-21(17-7-3-4-8-18(17)22(15)2)19(25)14-23-13-16(9-10-20(23)26)29(27,28)24-11-5-6-12-24/h3-4,7-10,13H,5-6,11-12,14H2,1-2H3. The van der Waals surface area contributed by atoms with Crippen LogP contribution < -0.4 is 5.56 Å². The number of pyridine rings is 1. The molecule has 0 amide bonds. The van der Waals surface area contributed by atoms with E-state index in [0.29, 0.717) is 18.7 Å². The highest BCUT2D eigenvalue weighted by molar-refractivity contribution is 7.89. The maximum absolute atomic E-state index is 13.1. The number of para-hydroxylation sites is 1. The van der Waals surface area contributed by atoms with Crippen molar-refractivity contribution in [2.75, 3.05) is 13.1 Å². The molecule has 4 rings (SSSR count). The van der Waals surface area contributed by atoms with Gasteiger partial charge >= 0.3 is 0 Å². The molecule has 0 atom stereocenters. The number of nitrogens with zero attached hydrogens (tertiary/aromatic N) is 3. The predicted molar refractivity (Wildman–Crippen MR) is 111 cm³/mol. The third kappa shape index (κ3) is 3.32. The van der Waals surface area contributed by atoms with Crippen LogP contribution in [0.4, 0.5) is 0 Å². The van der Waals surface area contributed by atoms with Crippen LogP contribution in [0.25, 0.3) is 10.9 Å². The Balaban J connectivity index is 1.71. The summed E-state index contributed by atoms with van der Waals surface area (Å²) in [4.78, 5) is 25.5. The number of sulfonamides is 1. The van der Waals surface area contributed by atoms with E-state index < -0.39 is 15.6 Å². The molecule has 0 unspecified atom stereocenters. The first kappa shape index (κ1) is 19.6. The number of fused-ring (bicyclic) bond motifs is 1. The number of rotatable bonds is 5. The summed E-state index contributed by atoms with van der Waals surface area (Å²) in [6.45, 7) is 2.62. The summed E-state index contributed by atoms with van der Waals surface area (Å²) in [6.07, 6.45) is 2.95. The molecule has 3 aromatic rings. The lowest BCUT2D eigenvalue weighted by atomic mass is 10.1. The Kier molecular flexibility index (Phi) is 4.92. The van der Waals surface area contributed by atoms with Gasteiger partial charge in [0.05, 0.1) is 11.4 Å². The molecule has 2 aromatic heterocycles. The predicted octanol–water partition coefficient (Wildman–Crippen LogP) is 2.32. The van der Waals surface area contributed by atoms with Crippen molar-refractivity contribution < 1.29 is 13.2 Å². The van der Waals surface area contributed by atoms with E-state index in [1.165, 1.54) is 27.2 Å². The van der Waals surface area contributed by atoms with E-state index in [0.717, 1.165) is 29.4 Å². The highest BCUT2D eigenvalue weighted by Gasteiger charge is 2.28. The lowest BCUT2D eigenvalue weighted by Gasteiger charge is -2.16. The number of hydrogen-bond acceptors (Lipinski definition) is 4. The third-order valence-electron chi connectivity index (χ3n) is 5.65. The van der Waals surface area contributed by atoms with Crippen LogP contribution in [0.1, 0.15) is 28.9 Å². The third-order valence-corrected chi connectivity index (χ3v) is 7.53. The highest BCUT2D eigenvalue weighted by atomic mass is 32.2. The average molecular weight is 413 g/mol. The van der Waals surface area contributed by atoms with Gasteiger partial charge in [0.15, 0.2) is 5.78 Å². The first-order valence-corrected chi connectivity index (χ1v) is 11.0. The van der Waals surface area contributed by atoms with Gasteiger partial charge in [0.1, 0.15) is 0 Å². The van der Waals surface area contributed by atoms with Crippen molar-refractivity contribution in [2.24, 2.45) is 7.05 Å². The van der Waals surface area contributed by atoms with Crippen molar-refractivity contribution in [3.63, 3.8) is 0 Å². The van der Waals surface area contributed by atoms with E-state index in [2.05, 4.69) is 0 Å². The molecule has 0 aliphatic carbocycles. The molecular weight excluding hydrogens is 390 g/mol. The Morgan fingerprint density at radius 3 is 2.48 bits per heavy atom. The molecule has 8 heteroatoms. The van der Waals surface area contributed by atoms with Crippen molar-refractivity contribution >= 4 is 26.7 Å². The van der Waals surface area contributed by atoms with Crippen LogP contribution in [0.2, 0.25) is 0 Å². The van der Waals surface area contributed by atoms with E-state index in [1.54, 1.807) is 0 Å². The normalized spacial score (nSPS) is 15.2. The van der Waals surface area contributed by atoms with Crippen LogP contribution in [-0.2, 0) is 23.6 Å². The Morgan fingerprint density at radius 1 is 1.07 bits per heavy atom. The minimum Gasteiger partial charge on any atom is -0.347 e. The summed E-state index contributed by atoms with van der Waals surface area (Å²) in [6, 6.07) is 10.1.